The average molecular weight is 270 g/mol. The van der Waals surface area contributed by atoms with Gasteiger partial charge in [0.25, 0.3) is 0 Å². The minimum Gasteiger partial charge on any atom is -0.384 e. The van der Waals surface area contributed by atoms with Crippen molar-refractivity contribution in [1.29, 1.82) is 0 Å². The molecule has 2 aromatic rings. The molecule has 0 amide bonds. The molecule has 4 nitrogen and oxygen atoms in total. The second kappa shape index (κ2) is 3.92. The van der Waals surface area contributed by atoms with Crippen LogP contribution in [0.2, 0.25) is 0 Å². The van der Waals surface area contributed by atoms with E-state index in [1.807, 2.05) is 19.1 Å². The number of hydrogen-bond donors (Lipinski definition) is 3. The van der Waals surface area contributed by atoms with Crippen molar-refractivity contribution >= 4 is 27.0 Å². The van der Waals surface area contributed by atoms with Gasteiger partial charge in [0.1, 0.15) is 11.9 Å². The lowest BCUT2D eigenvalue weighted by molar-refractivity contribution is 0.178. The molecule has 5 heteroatoms. The Kier molecular flexibility index (Phi) is 2.77. The SMILES string of the molecule is Cc1cc(Br)cc2[nH]c(C(O)CN)nc12. The lowest BCUT2D eigenvalue weighted by Crippen LogP contribution is -2.12. The maximum atomic E-state index is 9.56. The third-order valence-corrected chi connectivity index (χ3v) is 2.76. The van der Waals surface area contributed by atoms with Crippen LogP contribution in [0, 0.1) is 6.92 Å². The Morgan fingerprint density at radius 3 is 3.00 bits per heavy atom. The number of hydrogen-bond acceptors (Lipinski definition) is 3. The molecule has 15 heavy (non-hydrogen) atoms. The van der Waals surface area contributed by atoms with Crippen LogP contribution in [0.3, 0.4) is 0 Å². The van der Waals surface area contributed by atoms with Crippen molar-refractivity contribution in [3.05, 3.63) is 28.0 Å². The number of halogens is 1. The number of nitrogens with zero attached hydrogens (tertiary/aromatic N) is 1. The molecular formula is C10H12BrN3O. The van der Waals surface area contributed by atoms with E-state index in [1.54, 1.807) is 0 Å². The summed E-state index contributed by atoms with van der Waals surface area (Å²) in [6, 6.07) is 3.92. The summed E-state index contributed by atoms with van der Waals surface area (Å²) < 4.78 is 0.991. The number of H-pyrrole nitrogens is 1. The first-order chi connectivity index (χ1) is 7.11. The van der Waals surface area contributed by atoms with Crippen LogP contribution in [0.25, 0.3) is 11.0 Å². The largest absolute Gasteiger partial charge is 0.384 e. The normalized spacial score (nSPS) is 13.3. The van der Waals surface area contributed by atoms with Crippen molar-refractivity contribution in [3.63, 3.8) is 0 Å². The molecule has 0 fully saturated rings. The van der Waals surface area contributed by atoms with Gasteiger partial charge in [0, 0.05) is 11.0 Å². The van der Waals surface area contributed by atoms with Crippen molar-refractivity contribution in [2.45, 2.75) is 13.0 Å². The summed E-state index contributed by atoms with van der Waals surface area (Å²) in [7, 11) is 0. The maximum Gasteiger partial charge on any atom is 0.137 e. The Hall–Kier alpha value is -0.910. The van der Waals surface area contributed by atoms with E-state index < -0.39 is 6.10 Å². The van der Waals surface area contributed by atoms with Crippen LogP contribution in [-0.2, 0) is 0 Å². The molecular weight excluding hydrogens is 258 g/mol. The number of aromatic nitrogens is 2. The number of aryl methyl sites for hydroxylation is 1. The molecule has 0 saturated carbocycles. The fraction of sp³-hybridized carbons (Fsp3) is 0.300. The zero-order valence-corrected chi connectivity index (χ0v) is 9.87. The van der Waals surface area contributed by atoms with Crippen LogP contribution < -0.4 is 5.73 Å². The zero-order chi connectivity index (χ0) is 11.0. The summed E-state index contributed by atoms with van der Waals surface area (Å²) in [5, 5.41) is 9.56. The smallest absolute Gasteiger partial charge is 0.137 e. The lowest BCUT2D eigenvalue weighted by Gasteiger charge is -2.01. The van der Waals surface area contributed by atoms with Gasteiger partial charge in [-0.25, -0.2) is 4.98 Å². The minimum atomic E-state index is -0.726. The number of aliphatic hydroxyl groups is 1. The highest BCUT2D eigenvalue weighted by Crippen LogP contribution is 2.23. The Morgan fingerprint density at radius 1 is 1.60 bits per heavy atom. The summed E-state index contributed by atoms with van der Waals surface area (Å²) in [6.07, 6.45) is -0.726. The van der Waals surface area contributed by atoms with Gasteiger partial charge in [0.2, 0.25) is 0 Å². The summed E-state index contributed by atoms with van der Waals surface area (Å²) in [5.41, 5.74) is 8.22. The van der Waals surface area contributed by atoms with E-state index in [2.05, 4.69) is 25.9 Å². The number of nitrogens with two attached hydrogens (primary N) is 1. The summed E-state index contributed by atoms with van der Waals surface area (Å²) in [5.74, 6) is 0.522. The second-order valence-corrected chi connectivity index (χ2v) is 4.41. The van der Waals surface area contributed by atoms with E-state index in [9.17, 15) is 5.11 Å². The molecule has 0 radical (unpaired) electrons. The topological polar surface area (TPSA) is 74.9 Å². The van der Waals surface area contributed by atoms with E-state index in [1.165, 1.54) is 0 Å². The standard InChI is InChI=1S/C10H12BrN3O/c1-5-2-6(11)3-7-9(5)14-10(13-7)8(15)4-12/h2-3,8,15H,4,12H2,1H3,(H,13,14). The first-order valence-corrected chi connectivity index (χ1v) is 5.45. The summed E-state index contributed by atoms with van der Waals surface area (Å²) in [6.45, 7) is 2.15. The van der Waals surface area contributed by atoms with E-state index in [-0.39, 0.29) is 6.54 Å². The maximum absolute atomic E-state index is 9.56. The Labute approximate surface area is 95.6 Å². The van der Waals surface area contributed by atoms with Gasteiger partial charge < -0.3 is 15.8 Å². The predicted molar refractivity (Wildman–Crippen MR) is 62.5 cm³/mol. The first-order valence-electron chi connectivity index (χ1n) is 4.65. The second-order valence-electron chi connectivity index (χ2n) is 3.49. The zero-order valence-electron chi connectivity index (χ0n) is 8.29. The van der Waals surface area contributed by atoms with Gasteiger partial charge in [-0.15, -0.1) is 0 Å². The van der Waals surface area contributed by atoms with Gasteiger partial charge in [0.05, 0.1) is 11.0 Å². The minimum absolute atomic E-state index is 0.167. The summed E-state index contributed by atoms with van der Waals surface area (Å²) >= 11 is 3.41. The molecule has 1 heterocycles. The molecule has 1 aromatic heterocycles. The molecule has 0 bridgehead atoms. The number of imidazole rings is 1. The molecule has 4 N–H and O–H groups in total. The number of aliphatic hydroxyl groups excluding tert-OH is 1. The molecule has 0 saturated heterocycles. The molecule has 0 aliphatic rings. The number of aromatic amines is 1. The van der Waals surface area contributed by atoms with Crippen molar-refractivity contribution < 1.29 is 5.11 Å². The fourth-order valence-corrected chi connectivity index (χ4v) is 2.11. The van der Waals surface area contributed by atoms with E-state index in [4.69, 9.17) is 5.73 Å². The Balaban J connectivity index is 2.60. The van der Waals surface area contributed by atoms with Crippen LogP contribution in [0.15, 0.2) is 16.6 Å². The van der Waals surface area contributed by atoms with Crippen LogP contribution in [-0.4, -0.2) is 21.6 Å². The highest BCUT2D eigenvalue weighted by atomic mass is 79.9. The molecule has 1 aromatic carbocycles. The van der Waals surface area contributed by atoms with Crippen LogP contribution in [0.1, 0.15) is 17.5 Å². The molecule has 80 valence electrons. The monoisotopic (exact) mass is 269 g/mol. The van der Waals surface area contributed by atoms with Gasteiger partial charge >= 0.3 is 0 Å². The molecule has 0 aliphatic carbocycles. The fourth-order valence-electron chi connectivity index (χ4n) is 1.54. The lowest BCUT2D eigenvalue weighted by atomic mass is 10.2. The van der Waals surface area contributed by atoms with Crippen LogP contribution >= 0.6 is 15.9 Å². The molecule has 1 unspecified atom stereocenters. The quantitative estimate of drug-likeness (QED) is 0.776. The average Bonchev–Trinajstić information content (AvgIpc) is 2.60. The first kappa shape index (κ1) is 10.6. The number of benzene rings is 1. The van der Waals surface area contributed by atoms with Crippen LogP contribution in [0.5, 0.6) is 0 Å². The Morgan fingerprint density at radius 2 is 2.33 bits per heavy atom. The molecule has 2 rings (SSSR count). The third-order valence-electron chi connectivity index (χ3n) is 2.30. The van der Waals surface area contributed by atoms with Crippen molar-refractivity contribution in [1.82, 2.24) is 9.97 Å². The molecule has 0 aliphatic heterocycles. The highest BCUT2D eigenvalue weighted by Gasteiger charge is 2.12. The Bertz CT molecular complexity index is 495. The molecule has 1 atom stereocenters. The van der Waals surface area contributed by atoms with Crippen LogP contribution in [0.4, 0.5) is 0 Å². The van der Waals surface area contributed by atoms with E-state index in [0.717, 1.165) is 21.1 Å². The van der Waals surface area contributed by atoms with Gasteiger partial charge in [-0.05, 0) is 24.6 Å². The van der Waals surface area contributed by atoms with Gasteiger partial charge in [-0.1, -0.05) is 15.9 Å². The van der Waals surface area contributed by atoms with Gasteiger partial charge in [-0.3, -0.25) is 0 Å². The number of nitrogens with one attached hydrogen (secondary N) is 1. The summed E-state index contributed by atoms with van der Waals surface area (Å²) in [4.78, 5) is 7.37. The van der Waals surface area contributed by atoms with Gasteiger partial charge in [-0.2, -0.15) is 0 Å². The van der Waals surface area contributed by atoms with Crippen molar-refractivity contribution in [2.24, 2.45) is 5.73 Å². The number of rotatable bonds is 2. The number of fused-ring (bicyclic) bond motifs is 1. The highest BCUT2D eigenvalue weighted by molar-refractivity contribution is 9.10. The third kappa shape index (κ3) is 1.90. The van der Waals surface area contributed by atoms with E-state index in [0.29, 0.717) is 5.82 Å². The van der Waals surface area contributed by atoms with Gasteiger partial charge in [0.15, 0.2) is 0 Å². The van der Waals surface area contributed by atoms with Crippen molar-refractivity contribution in [3.8, 4) is 0 Å². The predicted octanol–water partition coefficient (Wildman–Crippen LogP) is 1.63. The van der Waals surface area contributed by atoms with Crippen molar-refractivity contribution in [2.75, 3.05) is 6.54 Å². The van der Waals surface area contributed by atoms with E-state index >= 15 is 0 Å². The molecule has 0 spiro atoms.